The molecule has 2 atom stereocenters. The van der Waals surface area contributed by atoms with Gasteiger partial charge in [-0.15, -0.1) is 0 Å². The highest BCUT2D eigenvalue weighted by Gasteiger charge is 2.24. The first-order valence-electron chi connectivity index (χ1n) is 6.32. The van der Waals surface area contributed by atoms with Crippen molar-refractivity contribution in [3.8, 4) is 0 Å². The minimum atomic E-state index is -0.722. The third-order valence-electron chi connectivity index (χ3n) is 3.32. The average molecular weight is 250 g/mol. The van der Waals surface area contributed by atoms with E-state index in [9.17, 15) is 9.90 Å². The van der Waals surface area contributed by atoms with Crippen LogP contribution in [0.1, 0.15) is 24.5 Å². The molecule has 1 N–H and O–H groups in total. The molecule has 18 heavy (non-hydrogen) atoms. The zero-order chi connectivity index (χ0) is 13.5. The van der Waals surface area contributed by atoms with Crippen molar-refractivity contribution in [1.82, 2.24) is 0 Å². The highest BCUT2D eigenvalue weighted by atomic mass is 16.5. The fourth-order valence-electron chi connectivity index (χ4n) is 2.13. The molecule has 0 bridgehead atoms. The molecule has 0 amide bonds. The van der Waals surface area contributed by atoms with Crippen LogP contribution in [0.4, 0.5) is 0 Å². The first kappa shape index (κ1) is 14.7. The average Bonchev–Trinajstić information content (AvgIpc) is 2.32. The molecule has 1 aromatic carbocycles. The third-order valence-corrected chi connectivity index (χ3v) is 3.32. The summed E-state index contributed by atoms with van der Waals surface area (Å²) in [4.78, 5) is 11.4. The highest BCUT2D eigenvalue weighted by Crippen LogP contribution is 2.21. The van der Waals surface area contributed by atoms with Gasteiger partial charge in [0, 0.05) is 13.7 Å². The first-order chi connectivity index (χ1) is 8.54. The summed E-state index contributed by atoms with van der Waals surface area (Å²) >= 11 is 0. The number of carbonyl (C=O) groups is 1. The van der Waals surface area contributed by atoms with Crippen molar-refractivity contribution in [1.29, 1.82) is 0 Å². The van der Waals surface area contributed by atoms with Crippen molar-refractivity contribution in [3.63, 3.8) is 0 Å². The van der Waals surface area contributed by atoms with E-state index in [1.54, 1.807) is 7.11 Å². The van der Waals surface area contributed by atoms with Crippen molar-refractivity contribution >= 4 is 5.97 Å². The fourth-order valence-corrected chi connectivity index (χ4v) is 2.13. The van der Waals surface area contributed by atoms with Gasteiger partial charge < -0.3 is 9.84 Å². The van der Waals surface area contributed by atoms with Gasteiger partial charge in [-0.2, -0.15) is 0 Å². The van der Waals surface area contributed by atoms with Gasteiger partial charge in [-0.25, -0.2) is 0 Å². The van der Waals surface area contributed by atoms with Crippen LogP contribution in [0.15, 0.2) is 24.3 Å². The van der Waals surface area contributed by atoms with E-state index in [0.717, 1.165) is 12.0 Å². The molecular weight excluding hydrogens is 228 g/mol. The molecule has 0 saturated carbocycles. The molecular formula is C15H22O3. The molecule has 0 spiro atoms. The van der Waals surface area contributed by atoms with Gasteiger partial charge in [0.2, 0.25) is 0 Å². The number of hydrogen-bond donors (Lipinski definition) is 1. The van der Waals surface area contributed by atoms with Crippen molar-refractivity contribution < 1.29 is 14.6 Å². The number of hydrogen-bond acceptors (Lipinski definition) is 2. The summed E-state index contributed by atoms with van der Waals surface area (Å²) in [5.41, 5.74) is 2.26. The predicted molar refractivity (Wildman–Crippen MR) is 71.7 cm³/mol. The molecule has 0 heterocycles. The topological polar surface area (TPSA) is 46.5 Å². The third kappa shape index (κ3) is 4.49. The Morgan fingerprint density at radius 2 is 2.17 bits per heavy atom. The summed E-state index contributed by atoms with van der Waals surface area (Å²) in [6, 6.07) is 8.04. The Morgan fingerprint density at radius 3 is 2.72 bits per heavy atom. The van der Waals surface area contributed by atoms with Gasteiger partial charge in [0.1, 0.15) is 0 Å². The lowest BCUT2D eigenvalue weighted by Gasteiger charge is -2.20. The number of benzene rings is 1. The van der Waals surface area contributed by atoms with Crippen LogP contribution in [0.3, 0.4) is 0 Å². The summed E-state index contributed by atoms with van der Waals surface area (Å²) in [5, 5.41) is 9.33. The number of aryl methyl sites for hydroxylation is 1. The number of carboxylic acids is 1. The van der Waals surface area contributed by atoms with Crippen LogP contribution in [0, 0.1) is 18.8 Å². The van der Waals surface area contributed by atoms with Crippen LogP contribution in [0.5, 0.6) is 0 Å². The van der Waals surface area contributed by atoms with Crippen LogP contribution in [0.25, 0.3) is 0 Å². The maximum Gasteiger partial charge on any atom is 0.307 e. The molecule has 0 fully saturated rings. The maximum atomic E-state index is 11.4. The molecule has 0 aromatic heterocycles. The fraction of sp³-hybridized carbons (Fsp3) is 0.533. The minimum absolute atomic E-state index is 0.114. The largest absolute Gasteiger partial charge is 0.481 e. The molecule has 0 aliphatic heterocycles. The van der Waals surface area contributed by atoms with E-state index >= 15 is 0 Å². The van der Waals surface area contributed by atoms with E-state index in [4.69, 9.17) is 4.74 Å². The second-order valence-electron chi connectivity index (χ2n) is 4.90. The van der Waals surface area contributed by atoms with Crippen molar-refractivity contribution in [2.45, 2.75) is 26.7 Å². The number of ether oxygens (including phenoxy) is 1. The normalized spacial score (nSPS) is 14.2. The van der Waals surface area contributed by atoms with Gasteiger partial charge >= 0.3 is 5.97 Å². The summed E-state index contributed by atoms with van der Waals surface area (Å²) in [6.07, 6.45) is 1.36. The van der Waals surface area contributed by atoms with E-state index in [1.807, 2.05) is 32.0 Å². The summed E-state index contributed by atoms with van der Waals surface area (Å²) in [7, 11) is 1.64. The van der Waals surface area contributed by atoms with E-state index < -0.39 is 5.97 Å². The molecule has 0 radical (unpaired) electrons. The molecule has 3 nitrogen and oxygen atoms in total. The van der Waals surface area contributed by atoms with E-state index in [-0.39, 0.29) is 11.8 Å². The zero-order valence-electron chi connectivity index (χ0n) is 11.3. The van der Waals surface area contributed by atoms with Crippen LogP contribution < -0.4 is 0 Å². The summed E-state index contributed by atoms with van der Waals surface area (Å²) in [6.45, 7) is 4.61. The molecule has 1 aromatic rings. The first-order valence-corrected chi connectivity index (χ1v) is 6.32. The van der Waals surface area contributed by atoms with Gasteiger partial charge in [-0.1, -0.05) is 36.8 Å². The number of methoxy groups -OCH3 is 1. The quantitative estimate of drug-likeness (QED) is 0.809. The SMILES string of the molecule is COCCC(C)C(Cc1cccc(C)c1)C(=O)O. The van der Waals surface area contributed by atoms with Crippen molar-refractivity contribution in [3.05, 3.63) is 35.4 Å². The molecule has 100 valence electrons. The minimum Gasteiger partial charge on any atom is -0.481 e. The van der Waals surface area contributed by atoms with Gasteiger partial charge in [0.15, 0.2) is 0 Å². The zero-order valence-corrected chi connectivity index (χ0v) is 11.3. The van der Waals surface area contributed by atoms with Gasteiger partial charge in [-0.3, -0.25) is 4.79 Å². The Morgan fingerprint density at radius 1 is 1.44 bits per heavy atom. The van der Waals surface area contributed by atoms with Crippen LogP contribution in [-0.4, -0.2) is 24.8 Å². The van der Waals surface area contributed by atoms with Crippen molar-refractivity contribution in [2.24, 2.45) is 11.8 Å². The van der Waals surface area contributed by atoms with Gasteiger partial charge in [0.05, 0.1) is 5.92 Å². The molecule has 0 aliphatic rings. The van der Waals surface area contributed by atoms with E-state index in [2.05, 4.69) is 6.07 Å². The smallest absolute Gasteiger partial charge is 0.307 e. The second-order valence-corrected chi connectivity index (χ2v) is 4.90. The van der Waals surface area contributed by atoms with E-state index in [1.165, 1.54) is 5.56 Å². The number of carboxylic acid groups (broad SMARTS) is 1. The second kappa shape index (κ2) is 7.17. The Labute approximate surface area is 109 Å². The van der Waals surface area contributed by atoms with Gasteiger partial charge in [-0.05, 0) is 31.2 Å². The molecule has 3 heteroatoms. The van der Waals surface area contributed by atoms with Crippen LogP contribution in [-0.2, 0) is 16.0 Å². The van der Waals surface area contributed by atoms with Crippen LogP contribution in [0.2, 0.25) is 0 Å². The molecule has 1 rings (SSSR count). The Bertz CT molecular complexity index is 387. The molecule has 2 unspecified atom stereocenters. The molecule has 0 saturated heterocycles. The summed E-state index contributed by atoms with van der Waals surface area (Å²) < 4.78 is 5.02. The predicted octanol–water partition coefficient (Wildman–Crippen LogP) is 2.91. The Hall–Kier alpha value is -1.35. The highest BCUT2D eigenvalue weighted by molar-refractivity contribution is 5.70. The van der Waals surface area contributed by atoms with E-state index in [0.29, 0.717) is 13.0 Å². The van der Waals surface area contributed by atoms with Gasteiger partial charge in [0.25, 0.3) is 0 Å². The maximum absolute atomic E-state index is 11.4. The summed E-state index contributed by atoms with van der Waals surface area (Å²) in [5.74, 6) is -0.954. The number of aliphatic carboxylic acids is 1. The lowest BCUT2D eigenvalue weighted by Crippen LogP contribution is -2.25. The molecule has 0 aliphatic carbocycles. The van der Waals surface area contributed by atoms with Crippen LogP contribution >= 0.6 is 0 Å². The Balaban J connectivity index is 2.71. The van der Waals surface area contributed by atoms with Crippen molar-refractivity contribution in [2.75, 3.05) is 13.7 Å². The monoisotopic (exact) mass is 250 g/mol. The standard InChI is InChI=1S/C15H22O3/c1-11-5-4-6-13(9-11)10-14(15(16)17)12(2)7-8-18-3/h4-6,9,12,14H,7-8,10H2,1-3H3,(H,16,17). The Kier molecular flexibility index (Phi) is 5.86. The lowest BCUT2D eigenvalue weighted by atomic mass is 9.86. The lowest BCUT2D eigenvalue weighted by molar-refractivity contribution is -0.143. The number of rotatable bonds is 7.